The second-order valence-corrected chi connectivity index (χ2v) is 7.48. The van der Waals surface area contributed by atoms with Crippen molar-refractivity contribution in [2.75, 3.05) is 6.61 Å². The number of carbonyl (C=O) groups is 2. The summed E-state index contributed by atoms with van der Waals surface area (Å²) in [7, 11) is 1.95. The highest BCUT2D eigenvalue weighted by Gasteiger charge is 2.39. The van der Waals surface area contributed by atoms with E-state index in [1.165, 1.54) is 4.90 Å². The molecule has 6 nitrogen and oxygen atoms in total. The number of aliphatic hydroxyl groups is 1. The fraction of sp³-hybridized carbons (Fsp3) is 0.211. The van der Waals surface area contributed by atoms with Crippen molar-refractivity contribution in [3.8, 4) is 5.75 Å². The fourth-order valence-corrected chi connectivity index (χ4v) is 3.83. The quantitative estimate of drug-likeness (QED) is 0.579. The van der Waals surface area contributed by atoms with Crippen LogP contribution >= 0.6 is 11.8 Å². The van der Waals surface area contributed by atoms with Gasteiger partial charge in [-0.1, -0.05) is 35.9 Å². The molecule has 1 unspecified atom stereocenters. The number of hydrogen-bond acceptors (Lipinski definition) is 6. The predicted molar refractivity (Wildman–Crippen MR) is 107 cm³/mol. The number of rotatable bonds is 7. The molecule has 0 saturated carbocycles. The molecule has 1 aromatic carbocycles. The number of carbonyl (C=O) groups excluding carboxylic acids is 2. The Morgan fingerprint density at radius 1 is 1.30 bits per heavy atom. The minimum Gasteiger partial charge on any atom is -0.509 e. The fourth-order valence-electron chi connectivity index (χ4n) is 2.81. The Labute approximate surface area is 162 Å². The Balaban J connectivity index is 1.74. The van der Waals surface area contributed by atoms with Crippen LogP contribution in [-0.2, 0) is 17.8 Å². The molecule has 1 aliphatic rings. The second kappa shape index (κ2) is 8.31. The lowest BCUT2D eigenvalue weighted by Gasteiger charge is -2.15. The van der Waals surface area contributed by atoms with E-state index < -0.39 is 5.25 Å². The average Bonchev–Trinajstić information content (AvgIpc) is 2.89. The molecule has 8 heteroatoms. The number of pyridine rings is 1. The molecule has 1 aromatic heterocycles. The van der Waals surface area contributed by atoms with Gasteiger partial charge in [0.05, 0.1) is 11.8 Å². The minimum atomic E-state index is -0.499. The molecule has 27 heavy (non-hydrogen) atoms. The molecule has 3 rings (SSSR count). The van der Waals surface area contributed by atoms with Gasteiger partial charge in [-0.3, -0.25) is 19.5 Å². The van der Waals surface area contributed by atoms with E-state index in [-0.39, 0.29) is 30.1 Å². The van der Waals surface area contributed by atoms with Crippen molar-refractivity contribution >= 4 is 36.2 Å². The van der Waals surface area contributed by atoms with Crippen LogP contribution in [0.25, 0.3) is 0 Å². The van der Waals surface area contributed by atoms with Gasteiger partial charge in [-0.05, 0) is 35.7 Å². The predicted octanol–water partition coefficient (Wildman–Crippen LogP) is 1.60. The van der Waals surface area contributed by atoms with Crippen LogP contribution in [0.5, 0.6) is 5.75 Å². The number of amides is 2. The number of aliphatic hydroxyl groups excluding tert-OH is 1. The Kier molecular flexibility index (Phi) is 5.86. The van der Waals surface area contributed by atoms with Gasteiger partial charge < -0.3 is 9.84 Å². The summed E-state index contributed by atoms with van der Waals surface area (Å²) < 4.78 is 5.57. The highest BCUT2D eigenvalue weighted by Crippen LogP contribution is 2.32. The highest BCUT2D eigenvalue weighted by atomic mass is 32.2. The first-order valence-corrected chi connectivity index (χ1v) is 9.32. The van der Waals surface area contributed by atoms with E-state index in [1.807, 2.05) is 20.0 Å². The standard InChI is InChI=1S/C19H19BN2O4S/c1-12(23)11-26-16-3-2-15(20)8-14(16)9-17-18(24)22(19(25)27-17)10-13-4-6-21-7-5-13/h2-8,17,23H,1,9-11,20H2. The maximum atomic E-state index is 12.8. The summed E-state index contributed by atoms with van der Waals surface area (Å²) in [5.74, 6) is 0.289. The van der Waals surface area contributed by atoms with Gasteiger partial charge in [0.2, 0.25) is 5.91 Å². The number of ether oxygens (including phenoxy) is 1. The van der Waals surface area contributed by atoms with Gasteiger partial charge in [0.15, 0.2) is 0 Å². The molecule has 1 atom stereocenters. The zero-order chi connectivity index (χ0) is 19.4. The van der Waals surface area contributed by atoms with Crippen LogP contribution in [0.15, 0.2) is 55.1 Å². The third-order valence-corrected chi connectivity index (χ3v) is 5.19. The Bertz CT molecular complexity index is 875. The molecule has 1 N–H and O–H groups in total. The topological polar surface area (TPSA) is 79.7 Å². The van der Waals surface area contributed by atoms with Gasteiger partial charge >= 0.3 is 0 Å². The number of hydrogen-bond donors (Lipinski definition) is 1. The molecule has 1 aliphatic heterocycles. The van der Waals surface area contributed by atoms with Crippen LogP contribution < -0.4 is 10.2 Å². The van der Waals surface area contributed by atoms with Gasteiger partial charge in [0.25, 0.3) is 5.24 Å². The minimum absolute atomic E-state index is 0.0189. The molecule has 2 heterocycles. The van der Waals surface area contributed by atoms with Crippen LogP contribution in [0.2, 0.25) is 0 Å². The first-order chi connectivity index (χ1) is 12.9. The second-order valence-electron chi connectivity index (χ2n) is 6.32. The molecule has 0 bridgehead atoms. The van der Waals surface area contributed by atoms with Gasteiger partial charge in [0.1, 0.15) is 26.0 Å². The molecule has 138 valence electrons. The molecule has 0 aliphatic carbocycles. The van der Waals surface area contributed by atoms with Crippen molar-refractivity contribution in [1.29, 1.82) is 0 Å². The molecule has 0 spiro atoms. The van der Waals surface area contributed by atoms with Crippen molar-refractivity contribution < 1.29 is 19.4 Å². The van der Waals surface area contributed by atoms with Gasteiger partial charge in [-0.2, -0.15) is 0 Å². The molecule has 2 aromatic rings. The summed E-state index contributed by atoms with van der Waals surface area (Å²) in [6, 6.07) is 9.19. The van der Waals surface area contributed by atoms with E-state index in [0.29, 0.717) is 12.2 Å². The van der Waals surface area contributed by atoms with Crippen molar-refractivity contribution in [2.24, 2.45) is 0 Å². The first-order valence-electron chi connectivity index (χ1n) is 8.44. The third kappa shape index (κ3) is 4.71. The van der Waals surface area contributed by atoms with Crippen molar-refractivity contribution in [3.05, 3.63) is 66.2 Å². The smallest absolute Gasteiger partial charge is 0.289 e. The van der Waals surface area contributed by atoms with E-state index >= 15 is 0 Å². The molecule has 0 radical (unpaired) electrons. The van der Waals surface area contributed by atoms with Gasteiger partial charge in [-0.25, -0.2) is 0 Å². The maximum absolute atomic E-state index is 12.8. The van der Waals surface area contributed by atoms with E-state index in [0.717, 1.165) is 28.4 Å². The average molecular weight is 382 g/mol. The lowest BCUT2D eigenvalue weighted by Crippen LogP contribution is -2.31. The molecular weight excluding hydrogens is 363 g/mol. The summed E-state index contributed by atoms with van der Waals surface area (Å²) >= 11 is 1.03. The summed E-state index contributed by atoms with van der Waals surface area (Å²) in [6.07, 6.45) is 3.64. The van der Waals surface area contributed by atoms with Crippen LogP contribution in [0.3, 0.4) is 0 Å². The third-order valence-electron chi connectivity index (χ3n) is 4.11. The summed E-state index contributed by atoms with van der Waals surface area (Å²) in [4.78, 5) is 30.3. The number of benzene rings is 1. The summed E-state index contributed by atoms with van der Waals surface area (Å²) in [6.45, 7) is 3.63. The SMILES string of the molecule is Bc1ccc(OCC(=C)O)c(CC2SC(=O)N(Cc3ccncc3)C2=O)c1. The Morgan fingerprint density at radius 2 is 2.04 bits per heavy atom. The van der Waals surface area contributed by atoms with Gasteiger partial charge in [-0.15, -0.1) is 0 Å². The number of aromatic nitrogens is 1. The highest BCUT2D eigenvalue weighted by molar-refractivity contribution is 8.15. The van der Waals surface area contributed by atoms with E-state index in [1.54, 1.807) is 30.6 Å². The van der Waals surface area contributed by atoms with Crippen LogP contribution in [0, 0.1) is 0 Å². The van der Waals surface area contributed by atoms with Crippen molar-refractivity contribution in [2.45, 2.75) is 18.2 Å². The number of imide groups is 1. The lowest BCUT2D eigenvalue weighted by molar-refractivity contribution is -0.127. The first kappa shape index (κ1) is 19.0. The zero-order valence-corrected chi connectivity index (χ0v) is 15.7. The van der Waals surface area contributed by atoms with E-state index in [2.05, 4.69) is 11.6 Å². The Morgan fingerprint density at radius 3 is 2.74 bits per heavy atom. The van der Waals surface area contributed by atoms with Crippen molar-refractivity contribution in [1.82, 2.24) is 9.88 Å². The number of nitrogens with zero attached hydrogens (tertiary/aromatic N) is 2. The molecular formula is C19H19BN2O4S. The normalized spacial score (nSPS) is 16.6. The van der Waals surface area contributed by atoms with E-state index in [9.17, 15) is 14.7 Å². The molecule has 1 fully saturated rings. The van der Waals surface area contributed by atoms with Crippen LogP contribution in [0.1, 0.15) is 11.1 Å². The lowest BCUT2D eigenvalue weighted by atomic mass is 9.92. The maximum Gasteiger partial charge on any atom is 0.289 e. The van der Waals surface area contributed by atoms with E-state index in [4.69, 9.17) is 4.74 Å². The summed E-state index contributed by atoms with van der Waals surface area (Å²) in [5, 5.41) is 8.51. The van der Waals surface area contributed by atoms with Crippen molar-refractivity contribution in [3.63, 3.8) is 0 Å². The van der Waals surface area contributed by atoms with Crippen LogP contribution in [-0.4, -0.2) is 45.8 Å². The molecule has 2 amide bonds. The van der Waals surface area contributed by atoms with Crippen LogP contribution in [0.4, 0.5) is 4.79 Å². The Hall–Kier alpha value is -2.74. The number of thioether (sulfide) groups is 1. The monoisotopic (exact) mass is 382 g/mol. The zero-order valence-electron chi connectivity index (χ0n) is 14.9. The molecule has 1 saturated heterocycles. The largest absolute Gasteiger partial charge is 0.509 e. The summed E-state index contributed by atoms with van der Waals surface area (Å²) in [5.41, 5.74) is 2.70. The van der Waals surface area contributed by atoms with Gasteiger partial charge in [0, 0.05) is 12.4 Å².